The van der Waals surface area contributed by atoms with Crippen LogP contribution in [0.4, 0.5) is 0 Å². The van der Waals surface area contributed by atoms with Crippen LogP contribution >= 0.6 is 0 Å². The third-order valence-corrected chi connectivity index (χ3v) is 4.66. The normalized spacial score (nSPS) is 11.9. The summed E-state index contributed by atoms with van der Waals surface area (Å²) in [6.07, 6.45) is 1.55. The molecule has 0 N–H and O–H groups in total. The van der Waals surface area contributed by atoms with Crippen molar-refractivity contribution in [3.63, 3.8) is 0 Å². The van der Waals surface area contributed by atoms with E-state index < -0.39 is 8.07 Å². The topological polar surface area (TPSA) is 44.1 Å². The zero-order valence-corrected chi connectivity index (χ0v) is 12.7. The molecule has 1 heterocycles. The van der Waals surface area contributed by atoms with Crippen molar-refractivity contribution in [1.82, 2.24) is 9.55 Å². The Balaban J connectivity index is 2.06. The maximum absolute atomic E-state index is 12.2. The minimum Gasteiger partial charge on any atom is -0.361 e. The van der Waals surface area contributed by atoms with Crippen LogP contribution in [0.5, 0.6) is 0 Å². The van der Waals surface area contributed by atoms with Crippen molar-refractivity contribution in [1.29, 1.82) is 0 Å². The lowest BCUT2D eigenvalue weighted by Crippen LogP contribution is -2.25. The van der Waals surface area contributed by atoms with E-state index in [0.29, 0.717) is 12.0 Å². The van der Waals surface area contributed by atoms with E-state index in [4.69, 9.17) is 4.74 Å². The van der Waals surface area contributed by atoms with Gasteiger partial charge in [-0.2, -0.15) is 0 Å². The number of fused-ring (bicyclic) bond motifs is 1. The Kier molecular flexibility index (Phi) is 4.16. The van der Waals surface area contributed by atoms with Gasteiger partial charge in [0.25, 0.3) is 5.56 Å². The van der Waals surface area contributed by atoms with Crippen LogP contribution in [-0.4, -0.2) is 24.2 Å². The summed E-state index contributed by atoms with van der Waals surface area (Å²) in [5, 5.41) is 0.638. The number of hydrogen-bond acceptors (Lipinski definition) is 3. The van der Waals surface area contributed by atoms with Gasteiger partial charge in [-0.05, 0) is 18.2 Å². The first kappa shape index (κ1) is 14.0. The van der Waals surface area contributed by atoms with Gasteiger partial charge in [-0.1, -0.05) is 31.8 Å². The van der Waals surface area contributed by atoms with E-state index in [1.165, 1.54) is 4.57 Å². The van der Waals surface area contributed by atoms with Crippen LogP contribution in [0.25, 0.3) is 10.9 Å². The molecule has 1 aromatic heterocycles. The van der Waals surface area contributed by atoms with Crippen molar-refractivity contribution >= 4 is 19.0 Å². The highest BCUT2D eigenvalue weighted by Gasteiger charge is 2.12. The second kappa shape index (κ2) is 5.67. The number of para-hydroxylation sites is 1. The van der Waals surface area contributed by atoms with Gasteiger partial charge in [0.05, 0.1) is 10.9 Å². The quantitative estimate of drug-likeness (QED) is 0.623. The van der Waals surface area contributed by atoms with Gasteiger partial charge < -0.3 is 4.74 Å². The summed E-state index contributed by atoms with van der Waals surface area (Å²) in [6.45, 7) is 7.90. The number of rotatable bonds is 5. The summed E-state index contributed by atoms with van der Waals surface area (Å²) in [5.41, 5.74) is 0.685. The van der Waals surface area contributed by atoms with Crippen molar-refractivity contribution in [3.05, 3.63) is 40.9 Å². The lowest BCUT2D eigenvalue weighted by molar-refractivity contribution is 0.0844. The second-order valence-electron chi connectivity index (χ2n) is 5.88. The molecule has 0 amide bonds. The fourth-order valence-corrected chi connectivity index (χ4v) is 2.50. The molecule has 0 aliphatic heterocycles. The molecule has 0 bridgehead atoms. The van der Waals surface area contributed by atoms with Gasteiger partial charge in [0.2, 0.25) is 0 Å². The average Bonchev–Trinajstić information content (AvgIpc) is 2.36. The van der Waals surface area contributed by atoms with Crippen LogP contribution in [0.3, 0.4) is 0 Å². The highest BCUT2D eigenvalue weighted by atomic mass is 28.3. The zero-order chi connectivity index (χ0) is 13.9. The molecule has 2 aromatic rings. The van der Waals surface area contributed by atoms with Gasteiger partial charge >= 0.3 is 0 Å². The number of nitrogens with zero attached hydrogens (tertiary/aromatic N) is 2. The van der Waals surface area contributed by atoms with Gasteiger partial charge in [-0.3, -0.25) is 9.36 Å². The zero-order valence-electron chi connectivity index (χ0n) is 11.7. The van der Waals surface area contributed by atoms with Crippen molar-refractivity contribution in [3.8, 4) is 0 Å². The molecule has 0 radical (unpaired) electrons. The van der Waals surface area contributed by atoms with Gasteiger partial charge in [0.15, 0.2) is 0 Å². The molecule has 0 atom stereocenters. The summed E-state index contributed by atoms with van der Waals surface area (Å²) < 4.78 is 7.10. The van der Waals surface area contributed by atoms with Crippen LogP contribution < -0.4 is 5.56 Å². The number of aromatic nitrogens is 2. The van der Waals surface area contributed by atoms with Gasteiger partial charge in [-0.15, -0.1) is 0 Å². The second-order valence-corrected chi connectivity index (χ2v) is 11.5. The smallest absolute Gasteiger partial charge is 0.263 e. The molecule has 2 rings (SSSR count). The number of hydrogen-bond donors (Lipinski definition) is 0. The Morgan fingerprint density at radius 3 is 2.74 bits per heavy atom. The first-order chi connectivity index (χ1) is 8.97. The van der Waals surface area contributed by atoms with E-state index in [0.717, 1.165) is 11.6 Å². The molecule has 0 aliphatic rings. The Bertz CT molecular complexity index is 617. The third kappa shape index (κ3) is 3.75. The highest BCUT2D eigenvalue weighted by Crippen LogP contribution is 2.08. The SMILES string of the molecule is C[Si](C)(C)CCOCn1cnc2ccccc2c1=O. The lowest BCUT2D eigenvalue weighted by atomic mass is 10.2. The molecular formula is C14H20N2O2Si. The number of ether oxygens (including phenoxy) is 1. The molecule has 0 spiro atoms. The number of benzene rings is 1. The van der Waals surface area contributed by atoms with Crippen LogP contribution in [0.15, 0.2) is 35.4 Å². The predicted octanol–water partition coefficient (Wildman–Crippen LogP) is 2.71. The van der Waals surface area contributed by atoms with E-state index in [1.54, 1.807) is 12.4 Å². The minimum absolute atomic E-state index is 0.0430. The Hall–Kier alpha value is -1.46. The lowest BCUT2D eigenvalue weighted by Gasteiger charge is -2.15. The van der Waals surface area contributed by atoms with E-state index in [2.05, 4.69) is 24.6 Å². The van der Waals surface area contributed by atoms with E-state index >= 15 is 0 Å². The molecule has 1 aromatic carbocycles. The van der Waals surface area contributed by atoms with Crippen LogP contribution in [0.2, 0.25) is 25.7 Å². The molecule has 4 nitrogen and oxygen atoms in total. The maximum Gasteiger partial charge on any atom is 0.263 e. The molecule has 0 saturated heterocycles. The summed E-state index contributed by atoms with van der Waals surface area (Å²) in [5.74, 6) is 0. The van der Waals surface area contributed by atoms with Crippen molar-refractivity contribution in [2.45, 2.75) is 32.4 Å². The maximum atomic E-state index is 12.2. The Morgan fingerprint density at radius 2 is 2.00 bits per heavy atom. The Labute approximate surface area is 114 Å². The third-order valence-electron chi connectivity index (χ3n) is 2.96. The summed E-state index contributed by atoms with van der Waals surface area (Å²) in [6, 6.07) is 8.46. The summed E-state index contributed by atoms with van der Waals surface area (Å²) in [7, 11) is -1.08. The molecule has 5 heteroatoms. The van der Waals surface area contributed by atoms with Crippen molar-refractivity contribution in [2.75, 3.05) is 6.61 Å². The van der Waals surface area contributed by atoms with Crippen LogP contribution in [-0.2, 0) is 11.5 Å². The average molecular weight is 276 g/mol. The molecule has 0 aliphatic carbocycles. The Morgan fingerprint density at radius 1 is 1.26 bits per heavy atom. The summed E-state index contributed by atoms with van der Waals surface area (Å²) >= 11 is 0. The molecule has 0 unspecified atom stereocenters. The summed E-state index contributed by atoms with van der Waals surface area (Å²) in [4.78, 5) is 16.4. The molecule has 0 fully saturated rings. The highest BCUT2D eigenvalue weighted by molar-refractivity contribution is 6.76. The van der Waals surface area contributed by atoms with Crippen molar-refractivity contribution < 1.29 is 4.74 Å². The van der Waals surface area contributed by atoms with E-state index in [-0.39, 0.29) is 12.3 Å². The molecule has 102 valence electrons. The standard InChI is InChI=1S/C14H20N2O2Si/c1-19(2,3)9-8-18-11-16-10-15-13-7-5-4-6-12(13)14(16)17/h4-7,10H,8-9,11H2,1-3H3. The van der Waals surface area contributed by atoms with Crippen LogP contribution in [0, 0.1) is 0 Å². The monoisotopic (exact) mass is 276 g/mol. The van der Waals surface area contributed by atoms with Crippen LogP contribution in [0.1, 0.15) is 0 Å². The molecule has 0 saturated carbocycles. The van der Waals surface area contributed by atoms with Gasteiger partial charge in [0, 0.05) is 14.7 Å². The van der Waals surface area contributed by atoms with Crippen molar-refractivity contribution in [2.24, 2.45) is 0 Å². The van der Waals surface area contributed by atoms with E-state index in [1.807, 2.05) is 18.2 Å². The fraction of sp³-hybridized carbons (Fsp3) is 0.429. The fourth-order valence-electron chi connectivity index (χ4n) is 1.74. The van der Waals surface area contributed by atoms with E-state index in [9.17, 15) is 4.79 Å². The van der Waals surface area contributed by atoms with Gasteiger partial charge in [-0.25, -0.2) is 4.98 Å². The molecule has 19 heavy (non-hydrogen) atoms. The first-order valence-corrected chi connectivity index (χ1v) is 10.2. The largest absolute Gasteiger partial charge is 0.361 e. The first-order valence-electron chi connectivity index (χ1n) is 6.49. The predicted molar refractivity (Wildman–Crippen MR) is 80.1 cm³/mol. The van der Waals surface area contributed by atoms with Gasteiger partial charge in [0.1, 0.15) is 13.1 Å². The molecular weight excluding hydrogens is 256 g/mol. The minimum atomic E-state index is -1.08.